The fourth-order valence-corrected chi connectivity index (χ4v) is 2.84. The van der Waals surface area contributed by atoms with Crippen LogP contribution in [-0.2, 0) is 0 Å². The van der Waals surface area contributed by atoms with Crippen LogP contribution in [0.5, 0.6) is 0 Å². The summed E-state index contributed by atoms with van der Waals surface area (Å²) in [6, 6.07) is 11.3. The van der Waals surface area contributed by atoms with Crippen LogP contribution in [0.25, 0.3) is 16.9 Å². The molecular weight excluding hydrogens is 306 g/mol. The van der Waals surface area contributed by atoms with Gasteiger partial charge in [0.25, 0.3) is 0 Å². The Hall–Kier alpha value is -2.23. The highest BCUT2D eigenvalue weighted by molar-refractivity contribution is 7.98. The molecule has 0 aliphatic carbocycles. The number of anilines is 1. The molecule has 3 aromatic rings. The Morgan fingerprint density at radius 1 is 1.33 bits per heavy atom. The van der Waals surface area contributed by atoms with Gasteiger partial charge in [-0.25, -0.2) is 9.50 Å². The van der Waals surface area contributed by atoms with Crippen molar-refractivity contribution < 1.29 is 0 Å². The normalized spacial score (nSPS) is 10.7. The lowest BCUT2D eigenvalue weighted by Crippen LogP contribution is -2.03. The number of rotatable bonds is 2. The van der Waals surface area contributed by atoms with E-state index in [1.165, 1.54) is 11.8 Å². The average Bonchev–Trinajstić information content (AvgIpc) is 2.89. The number of hydrogen-bond donors (Lipinski definition) is 1. The molecule has 7 heteroatoms. The van der Waals surface area contributed by atoms with E-state index < -0.39 is 0 Å². The van der Waals surface area contributed by atoms with Crippen molar-refractivity contribution in [1.29, 1.82) is 5.26 Å². The predicted molar refractivity (Wildman–Crippen MR) is 84.3 cm³/mol. The number of fused-ring (bicyclic) bond motifs is 1. The van der Waals surface area contributed by atoms with E-state index in [9.17, 15) is 5.26 Å². The van der Waals surface area contributed by atoms with Crippen LogP contribution < -0.4 is 5.73 Å². The van der Waals surface area contributed by atoms with Crippen molar-refractivity contribution in [3.05, 3.63) is 40.9 Å². The van der Waals surface area contributed by atoms with Crippen LogP contribution in [0.15, 0.2) is 35.4 Å². The molecule has 0 radical (unpaired) electrons. The fraction of sp³-hybridized carbons (Fsp3) is 0.0714. The topological polar surface area (TPSA) is 80.0 Å². The maximum Gasteiger partial charge on any atom is 0.159 e. The third kappa shape index (κ3) is 2.31. The maximum atomic E-state index is 9.21. The number of nitrogens with two attached hydrogens (primary N) is 1. The first-order valence-electron chi connectivity index (χ1n) is 6.03. The summed E-state index contributed by atoms with van der Waals surface area (Å²) in [5.74, 6) is 0.219. The molecule has 1 aromatic carbocycles. The highest BCUT2D eigenvalue weighted by Gasteiger charge is 2.15. The molecule has 0 aliphatic rings. The van der Waals surface area contributed by atoms with E-state index in [0.29, 0.717) is 21.3 Å². The van der Waals surface area contributed by atoms with Crippen LogP contribution in [0.1, 0.15) is 5.56 Å². The van der Waals surface area contributed by atoms with Crippen molar-refractivity contribution in [3.8, 4) is 17.3 Å². The van der Waals surface area contributed by atoms with E-state index in [4.69, 9.17) is 17.3 Å². The first-order chi connectivity index (χ1) is 10.1. The van der Waals surface area contributed by atoms with E-state index in [1.54, 1.807) is 16.6 Å². The Morgan fingerprint density at radius 3 is 2.67 bits per heavy atom. The SMILES string of the molecule is CSc1c(C#N)c(N)nc2cc(-c3ccc(Cl)cc3)nn12. The van der Waals surface area contributed by atoms with Gasteiger partial charge in [-0.2, -0.15) is 10.4 Å². The summed E-state index contributed by atoms with van der Waals surface area (Å²) in [5.41, 5.74) is 8.47. The van der Waals surface area contributed by atoms with Crippen LogP contribution in [0.4, 0.5) is 5.82 Å². The maximum absolute atomic E-state index is 9.21. The van der Waals surface area contributed by atoms with E-state index >= 15 is 0 Å². The number of hydrogen-bond acceptors (Lipinski definition) is 5. The zero-order valence-corrected chi connectivity index (χ0v) is 12.6. The molecule has 3 rings (SSSR count). The minimum Gasteiger partial charge on any atom is -0.382 e. The lowest BCUT2D eigenvalue weighted by Gasteiger charge is -2.05. The summed E-state index contributed by atoms with van der Waals surface area (Å²) >= 11 is 7.30. The summed E-state index contributed by atoms with van der Waals surface area (Å²) in [6.07, 6.45) is 1.87. The molecule has 0 aliphatic heterocycles. The van der Waals surface area contributed by atoms with E-state index in [2.05, 4.69) is 16.2 Å². The van der Waals surface area contributed by atoms with Crippen molar-refractivity contribution in [3.63, 3.8) is 0 Å². The first-order valence-corrected chi connectivity index (χ1v) is 7.63. The van der Waals surface area contributed by atoms with Crippen molar-refractivity contribution in [1.82, 2.24) is 14.6 Å². The van der Waals surface area contributed by atoms with Gasteiger partial charge in [0.2, 0.25) is 0 Å². The van der Waals surface area contributed by atoms with Gasteiger partial charge in [0.1, 0.15) is 22.5 Å². The molecule has 0 unspecified atom stereocenters. The van der Waals surface area contributed by atoms with Gasteiger partial charge >= 0.3 is 0 Å². The largest absolute Gasteiger partial charge is 0.382 e. The lowest BCUT2D eigenvalue weighted by atomic mass is 10.2. The highest BCUT2D eigenvalue weighted by atomic mass is 35.5. The Kier molecular flexibility index (Phi) is 3.45. The Labute approximate surface area is 130 Å². The van der Waals surface area contributed by atoms with E-state index in [0.717, 1.165) is 11.3 Å². The van der Waals surface area contributed by atoms with Gasteiger partial charge in [0, 0.05) is 16.7 Å². The molecule has 0 bridgehead atoms. The standard InChI is InChI=1S/C14H10ClN5S/c1-21-14-10(7-16)13(17)18-12-6-11(19-20(12)14)8-2-4-9(15)5-3-8/h2-6H,1H3,(H2,17,18). The minimum absolute atomic E-state index is 0.219. The van der Waals surface area contributed by atoms with Gasteiger partial charge in [-0.1, -0.05) is 23.7 Å². The predicted octanol–water partition coefficient (Wildman–Crippen LogP) is 3.23. The second-order valence-electron chi connectivity index (χ2n) is 4.30. The van der Waals surface area contributed by atoms with Gasteiger partial charge in [-0.05, 0) is 18.4 Å². The second-order valence-corrected chi connectivity index (χ2v) is 5.53. The summed E-state index contributed by atoms with van der Waals surface area (Å²) in [5, 5.41) is 15.1. The zero-order chi connectivity index (χ0) is 15.0. The van der Waals surface area contributed by atoms with Gasteiger partial charge in [-0.15, -0.1) is 11.8 Å². The molecule has 2 heterocycles. The van der Waals surface area contributed by atoms with Gasteiger partial charge in [-0.3, -0.25) is 0 Å². The smallest absolute Gasteiger partial charge is 0.159 e. The summed E-state index contributed by atoms with van der Waals surface area (Å²) in [7, 11) is 0. The Balaban J connectivity index is 2.25. The summed E-state index contributed by atoms with van der Waals surface area (Å²) in [4.78, 5) is 4.24. The van der Waals surface area contributed by atoms with Crippen LogP contribution in [0.2, 0.25) is 5.02 Å². The van der Waals surface area contributed by atoms with Crippen molar-refractivity contribution in [2.45, 2.75) is 5.03 Å². The molecule has 2 N–H and O–H groups in total. The Bertz CT molecular complexity index is 864. The molecule has 0 fully saturated rings. The van der Waals surface area contributed by atoms with E-state index in [1.807, 2.05) is 24.5 Å². The number of thioether (sulfide) groups is 1. The van der Waals surface area contributed by atoms with Crippen molar-refractivity contribution >= 4 is 34.8 Å². The number of halogens is 1. The summed E-state index contributed by atoms with van der Waals surface area (Å²) < 4.78 is 1.64. The number of benzene rings is 1. The molecule has 104 valence electrons. The lowest BCUT2D eigenvalue weighted by molar-refractivity contribution is 0.843. The first kappa shape index (κ1) is 13.7. The van der Waals surface area contributed by atoms with Crippen LogP contribution in [-0.4, -0.2) is 20.9 Å². The second kappa shape index (κ2) is 5.28. The van der Waals surface area contributed by atoms with Crippen LogP contribution >= 0.6 is 23.4 Å². The molecule has 0 saturated carbocycles. The average molecular weight is 316 g/mol. The third-order valence-electron chi connectivity index (χ3n) is 3.03. The van der Waals surface area contributed by atoms with Gasteiger partial charge < -0.3 is 5.73 Å². The summed E-state index contributed by atoms with van der Waals surface area (Å²) in [6.45, 7) is 0. The number of nitrogens with zero attached hydrogens (tertiary/aromatic N) is 4. The molecule has 2 aromatic heterocycles. The molecule has 0 atom stereocenters. The minimum atomic E-state index is 0.219. The molecule has 0 spiro atoms. The van der Waals surface area contributed by atoms with Crippen molar-refractivity contribution in [2.24, 2.45) is 0 Å². The van der Waals surface area contributed by atoms with Crippen molar-refractivity contribution in [2.75, 3.05) is 12.0 Å². The molecule has 21 heavy (non-hydrogen) atoms. The van der Waals surface area contributed by atoms with Gasteiger partial charge in [0.05, 0.1) is 5.69 Å². The number of nitriles is 1. The fourth-order valence-electron chi connectivity index (χ4n) is 2.05. The van der Waals surface area contributed by atoms with Crippen LogP contribution in [0, 0.1) is 11.3 Å². The third-order valence-corrected chi connectivity index (χ3v) is 4.05. The molecule has 0 saturated heterocycles. The Morgan fingerprint density at radius 2 is 2.05 bits per heavy atom. The van der Waals surface area contributed by atoms with E-state index in [-0.39, 0.29) is 5.82 Å². The van der Waals surface area contributed by atoms with Gasteiger partial charge in [0.15, 0.2) is 5.65 Å². The molecular formula is C14H10ClN5S. The number of nitrogen functional groups attached to an aromatic ring is 1. The quantitative estimate of drug-likeness (QED) is 0.580. The number of aromatic nitrogens is 3. The monoisotopic (exact) mass is 315 g/mol. The molecule has 0 amide bonds. The highest BCUT2D eigenvalue weighted by Crippen LogP contribution is 2.28. The van der Waals surface area contributed by atoms with Crippen LogP contribution in [0.3, 0.4) is 0 Å². The zero-order valence-electron chi connectivity index (χ0n) is 11.0. The molecule has 5 nitrogen and oxygen atoms in total.